The van der Waals surface area contributed by atoms with Crippen LogP contribution in [0.5, 0.6) is 5.75 Å². The van der Waals surface area contributed by atoms with Gasteiger partial charge in [-0.15, -0.1) is 11.6 Å². The van der Waals surface area contributed by atoms with E-state index < -0.39 is 0 Å². The van der Waals surface area contributed by atoms with Crippen LogP contribution < -0.4 is 10.1 Å². The number of para-hydroxylation sites is 2. The molecule has 1 heterocycles. The Kier molecular flexibility index (Phi) is 8.71. The average Bonchev–Trinajstić information content (AvgIpc) is 3.26. The topological polar surface area (TPSA) is 67.0 Å². The Hall–Kier alpha value is -2.83. The molecule has 7 heteroatoms. The van der Waals surface area contributed by atoms with Gasteiger partial charge < -0.3 is 15.0 Å². The Morgan fingerprint density at radius 3 is 2.53 bits per heavy atom. The maximum absolute atomic E-state index is 12.6. The van der Waals surface area contributed by atoms with Gasteiger partial charge in [-0.25, -0.2) is 4.98 Å². The van der Waals surface area contributed by atoms with Crippen molar-refractivity contribution in [2.45, 2.75) is 20.3 Å². The summed E-state index contributed by atoms with van der Waals surface area (Å²) in [7, 11) is 0. The van der Waals surface area contributed by atoms with E-state index >= 15 is 0 Å². The van der Waals surface area contributed by atoms with Gasteiger partial charge in [-0.1, -0.05) is 26.0 Å². The zero-order valence-electron chi connectivity index (χ0n) is 18.0. The van der Waals surface area contributed by atoms with Gasteiger partial charge in [0.05, 0.1) is 22.1 Å². The summed E-state index contributed by atoms with van der Waals surface area (Å²) in [5, 5.41) is 2.91. The number of H-pyrrole nitrogens is 1. The molecule has 0 saturated carbocycles. The Balaban J connectivity index is 0.00000141. The molecule has 5 nitrogen and oxygen atoms in total. The predicted octanol–water partition coefficient (Wildman–Crippen LogP) is 7.28. The van der Waals surface area contributed by atoms with Crippen LogP contribution in [0.1, 0.15) is 30.6 Å². The minimum absolute atomic E-state index is 0.195. The van der Waals surface area contributed by atoms with Gasteiger partial charge in [-0.2, -0.15) is 0 Å². The molecule has 0 radical (unpaired) electrons. The summed E-state index contributed by atoms with van der Waals surface area (Å²) in [4.78, 5) is 20.5. The number of carbonyl (C=O) groups is 1. The van der Waals surface area contributed by atoms with Crippen molar-refractivity contribution in [2.24, 2.45) is 0 Å². The molecule has 1 aromatic heterocycles. The predicted molar refractivity (Wildman–Crippen MR) is 136 cm³/mol. The summed E-state index contributed by atoms with van der Waals surface area (Å²) in [6.45, 7) is 4.53. The number of hydrogen-bond donors (Lipinski definition) is 2. The first-order valence-corrected chi connectivity index (χ1v) is 11.8. The third kappa shape index (κ3) is 5.90. The van der Waals surface area contributed by atoms with Gasteiger partial charge in [0.15, 0.2) is 0 Å². The largest absolute Gasteiger partial charge is 0.492 e. The van der Waals surface area contributed by atoms with Gasteiger partial charge in [-0.05, 0) is 76.9 Å². The Labute approximate surface area is 201 Å². The fourth-order valence-corrected chi connectivity index (χ4v) is 3.60. The number of fused-ring (bicyclic) bond motifs is 1. The summed E-state index contributed by atoms with van der Waals surface area (Å²) in [6, 6.07) is 20.7. The molecule has 0 aliphatic heterocycles. The lowest BCUT2D eigenvalue weighted by Gasteiger charge is -2.10. The summed E-state index contributed by atoms with van der Waals surface area (Å²) in [5.41, 5.74) is 4.10. The number of alkyl halides is 1. The van der Waals surface area contributed by atoms with Crippen molar-refractivity contribution < 1.29 is 9.53 Å². The van der Waals surface area contributed by atoms with Gasteiger partial charge in [0.1, 0.15) is 11.6 Å². The standard InChI is InChI=1S/C23H19BrClN3O2.C2H6/c24-18-14-16(8-11-21(18)30-13-3-12-25)23(29)26-17-9-6-15(7-10-17)22-27-19-4-1-2-5-20(19)28-22;1-2/h1-2,4-11,14H,3,12-13H2,(H,26,29)(H,27,28);1-2H3. The second kappa shape index (κ2) is 11.7. The van der Waals surface area contributed by atoms with Gasteiger partial charge >= 0.3 is 0 Å². The molecule has 166 valence electrons. The molecule has 0 atom stereocenters. The molecule has 0 spiro atoms. The lowest BCUT2D eigenvalue weighted by Crippen LogP contribution is -2.12. The highest BCUT2D eigenvalue weighted by Crippen LogP contribution is 2.27. The van der Waals surface area contributed by atoms with Gasteiger partial charge in [0.2, 0.25) is 0 Å². The number of nitrogens with zero attached hydrogens (tertiary/aromatic N) is 1. The normalized spacial score (nSPS) is 10.4. The molecule has 0 fully saturated rings. The summed E-state index contributed by atoms with van der Waals surface area (Å²) >= 11 is 9.12. The molecule has 0 aliphatic rings. The van der Waals surface area contributed by atoms with Crippen molar-refractivity contribution in [3.05, 3.63) is 76.8 Å². The first-order valence-electron chi connectivity index (χ1n) is 10.5. The monoisotopic (exact) mass is 513 g/mol. The highest BCUT2D eigenvalue weighted by molar-refractivity contribution is 9.10. The highest BCUT2D eigenvalue weighted by atomic mass is 79.9. The van der Waals surface area contributed by atoms with E-state index in [1.807, 2.05) is 62.4 Å². The molecule has 0 unspecified atom stereocenters. The first-order chi connectivity index (χ1) is 15.6. The maximum atomic E-state index is 12.6. The van der Waals surface area contributed by atoms with Crippen molar-refractivity contribution in [1.82, 2.24) is 9.97 Å². The SMILES string of the molecule is CC.O=C(Nc1ccc(-c2nc3ccccc3[nH]2)cc1)c1ccc(OCCCCl)c(Br)c1. The lowest BCUT2D eigenvalue weighted by molar-refractivity contribution is 0.102. The third-order valence-electron chi connectivity index (χ3n) is 4.54. The van der Waals surface area contributed by atoms with Gasteiger partial charge in [0, 0.05) is 22.7 Å². The zero-order chi connectivity index (χ0) is 22.9. The number of amides is 1. The quantitative estimate of drug-likeness (QED) is 0.201. The first kappa shape index (κ1) is 23.8. The highest BCUT2D eigenvalue weighted by Gasteiger charge is 2.11. The van der Waals surface area contributed by atoms with Crippen molar-refractivity contribution in [1.29, 1.82) is 0 Å². The molecule has 4 rings (SSSR count). The number of ether oxygens (including phenoxy) is 1. The van der Waals surface area contributed by atoms with E-state index in [2.05, 4.69) is 31.2 Å². The number of aromatic nitrogens is 2. The van der Waals surface area contributed by atoms with E-state index in [9.17, 15) is 4.79 Å². The fraction of sp³-hybridized carbons (Fsp3) is 0.200. The number of benzene rings is 3. The molecule has 4 aromatic rings. The Bertz CT molecular complexity index is 1140. The molecule has 0 aliphatic carbocycles. The molecule has 32 heavy (non-hydrogen) atoms. The van der Waals surface area contributed by atoms with E-state index in [-0.39, 0.29) is 5.91 Å². The summed E-state index contributed by atoms with van der Waals surface area (Å²) in [5.74, 6) is 1.84. The summed E-state index contributed by atoms with van der Waals surface area (Å²) < 4.78 is 6.36. The van der Waals surface area contributed by atoms with Crippen molar-refractivity contribution >= 4 is 50.2 Å². The lowest BCUT2D eigenvalue weighted by atomic mass is 10.1. The van der Waals surface area contributed by atoms with Crippen molar-refractivity contribution in [2.75, 3.05) is 17.8 Å². The number of rotatable bonds is 7. The number of hydrogen-bond acceptors (Lipinski definition) is 3. The molecule has 3 aromatic carbocycles. The van der Waals surface area contributed by atoms with Crippen LogP contribution in [-0.2, 0) is 0 Å². The van der Waals surface area contributed by atoms with Crippen LogP contribution in [-0.4, -0.2) is 28.4 Å². The van der Waals surface area contributed by atoms with Gasteiger partial charge in [0.25, 0.3) is 5.91 Å². The van der Waals surface area contributed by atoms with Gasteiger partial charge in [-0.3, -0.25) is 4.79 Å². The van der Waals surface area contributed by atoms with Crippen LogP contribution in [0.2, 0.25) is 0 Å². The van der Waals surface area contributed by atoms with Crippen LogP contribution in [0.15, 0.2) is 71.2 Å². The van der Waals surface area contributed by atoms with Crippen LogP contribution in [0.25, 0.3) is 22.4 Å². The Morgan fingerprint density at radius 2 is 1.84 bits per heavy atom. The number of halogens is 2. The van der Waals surface area contributed by atoms with E-state index in [1.54, 1.807) is 18.2 Å². The molecule has 0 bridgehead atoms. The minimum atomic E-state index is -0.195. The Morgan fingerprint density at radius 1 is 1.09 bits per heavy atom. The van der Waals surface area contributed by atoms with Crippen LogP contribution in [0, 0.1) is 0 Å². The molecular formula is C25H25BrClN3O2. The second-order valence-electron chi connectivity index (χ2n) is 6.67. The smallest absolute Gasteiger partial charge is 0.255 e. The zero-order valence-corrected chi connectivity index (χ0v) is 20.3. The molecule has 2 N–H and O–H groups in total. The van der Waals surface area contributed by atoms with Crippen LogP contribution in [0.4, 0.5) is 5.69 Å². The number of aromatic amines is 1. The molecule has 1 amide bonds. The molecular weight excluding hydrogens is 490 g/mol. The molecule has 0 saturated heterocycles. The van der Waals surface area contributed by atoms with E-state index in [4.69, 9.17) is 16.3 Å². The van der Waals surface area contributed by atoms with Crippen LogP contribution >= 0.6 is 27.5 Å². The van der Waals surface area contributed by atoms with E-state index in [0.29, 0.717) is 29.5 Å². The summed E-state index contributed by atoms with van der Waals surface area (Å²) in [6.07, 6.45) is 0.764. The maximum Gasteiger partial charge on any atom is 0.255 e. The number of imidazole rings is 1. The number of anilines is 1. The van der Waals surface area contributed by atoms with Crippen molar-refractivity contribution in [3.8, 4) is 17.1 Å². The second-order valence-corrected chi connectivity index (χ2v) is 7.90. The third-order valence-corrected chi connectivity index (χ3v) is 5.42. The van der Waals surface area contributed by atoms with Crippen molar-refractivity contribution in [3.63, 3.8) is 0 Å². The average molecular weight is 515 g/mol. The number of carbonyl (C=O) groups excluding carboxylic acids is 1. The van der Waals surface area contributed by atoms with E-state index in [0.717, 1.165) is 33.3 Å². The van der Waals surface area contributed by atoms with Crippen LogP contribution in [0.3, 0.4) is 0 Å². The number of nitrogens with one attached hydrogen (secondary N) is 2. The van der Waals surface area contributed by atoms with E-state index in [1.165, 1.54) is 0 Å². The minimum Gasteiger partial charge on any atom is -0.492 e. The fourth-order valence-electron chi connectivity index (χ4n) is 3.00.